The van der Waals surface area contributed by atoms with Crippen LogP contribution >= 0.6 is 0 Å². The van der Waals surface area contributed by atoms with E-state index in [0.29, 0.717) is 22.6 Å². The number of aromatic nitrogens is 2. The van der Waals surface area contributed by atoms with Gasteiger partial charge in [-0.15, -0.1) is 0 Å². The van der Waals surface area contributed by atoms with Gasteiger partial charge in [0.25, 0.3) is 0 Å². The molecule has 0 aliphatic carbocycles. The van der Waals surface area contributed by atoms with Crippen LogP contribution in [0.1, 0.15) is 0 Å². The Morgan fingerprint density at radius 1 is 1.11 bits per heavy atom. The van der Waals surface area contributed by atoms with E-state index in [2.05, 4.69) is 4.98 Å². The van der Waals surface area contributed by atoms with E-state index in [1.54, 1.807) is 17.7 Å². The molecule has 0 radical (unpaired) electrons. The van der Waals surface area contributed by atoms with Crippen LogP contribution in [0, 0.1) is 11.6 Å². The summed E-state index contributed by atoms with van der Waals surface area (Å²) < 4.78 is 28.8. The van der Waals surface area contributed by atoms with E-state index in [1.165, 1.54) is 30.3 Å². The number of imidazole rings is 1. The van der Waals surface area contributed by atoms with E-state index >= 15 is 0 Å². The number of benzene rings is 2. The van der Waals surface area contributed by atoms with Crippen molar-refractivity contribution in [3.8, 4) is 11.4 Å². The van der Waals surface area contributed by atoms with Crippen molar-refractivity contribution in [2.24, 2.45) is 7.05 Å². The Bertz CT molecular complexity index is 778. The fraction of sp³-hybridized carbons (Fsp3) is 0.0714. The molecular formula is C14H11F2N3. The molecule has 19 heavy (non-hydrogen) atoms. The summed E-state index contributed by atoms with van der Waals surface area (Å²) in [6, 6.07) is 8.59. The second-order valence-electron chi connectivity index (χ2n) is 4.37. The minimum absolute atomic E-state index is 0.305. The van der Waals surface area contributed by atoms with Crippen LogP contribution < -0.4 is 5.73 Å². The molecule has 0 saturated heterocycles. The summed E-state index contributed by atoms with van der Waals surface area (Å²) in [5.74, 6) is -0.358. The highest BCUT2D eigenvalue weighted by Crippen LogP contribution is 2.27. The predicted molar refractivity (Wildman–Crippen MR) is 70.5 cm³/mol. The van der Waals surface area contributed by atoms with Gasteiger partial charge in [-0.05, 0) is 30.3 Å². The van der Waals surface area contributed by atoms with Crippen molar-refractivity contribution in [1.82, 2.24) is 9.55 Å². The van der Waals surface area contributed by atoms with Crippen molar-refractivity contribution >= 4 is 16.7 Å². The maximum atomic E-state index is 13.9. The molecule has 3 rings (SSSR count). The number of aryl methyl sites for hydroxylation is 1. The van der Waals surface area contributed by atoms with Gasteiger partial charge in [-0.3, -0.25) is 0 Å². The second-order valence-corrected chi connectivity index (χ2v) is 4.37. The largest absolute Gasteiger partial charge is 0.399 e. The zero-order valence-electron chi connectivity index (χ0n) is 10.2. The van der Waals surface area contributed by atoms with Gasteiger partial charge < -0.3 is 10.3 Å². The Balaban J connectivity index is 2.30. The van der Waals surface area contributed by atoms with Crippen LogP contribution in [-0.2, 0) is 7.05 Å². The molecular weight excluding hydrogens is 248 g/mol. The van der Waals surface area contributed by atoms with Gasteiger partial charge in [0.05, 0.1) is 16.6 Å². The molecule has 0 amide bonds. The molecule has 0 saturated carbocycles. The highest BCUT2D eigenvalue weighted by molar-refractivity contribution is 5.81. The van der Waals surface area contributed by atoms with E-state index < -0.39 is 5.82 Å². The molecule has 0 unspecified atom stereocenters. The molecule has 96 valence electrons. The highest BCUT2D eigenvalue weighted by Gasteiger charge is 2.14. The number of hydrogen-bond donors (Lipinski definition) is 1. The van der Waals surface area contributed by atoms with Crippen molar-refractivity contribution in [2.75, 3.05) is 5.73 Å². The van der Waals surface area contributed by atoms with E-state index in [1.807, 2.05) is 0 Å². The summed E-state index contributed by atoms with van der Waals surface area (Å²) >= 11 is 0. The van der Waals surface area contributed by atoms with Gasteiger partial charge in [0.2, 0.25) is 0 Å². The fourth-order valence-corrected chi connectivity index (χ4v) is 2.13. The third-order valence-electron chi connectivity index (χ3n) is 3.07. The Morgan fingerprint density at radius 2 is 1.89 bits per heavy atom. The SMILES string of the molecule is Cn1c(-c2cc(N)ccc2F)nc2cc(F)ccc21. The molecule has 5 heteroatoms. The van der Waals surface area contributed by atoms with E-state index in [4.69, 9.17) is 5.73 Å². The number of nitrogens with zero attached hydrogens (tertiary/aromatic N) is 2. The molecule has 0 fully saturated rings. The number of nitrogens with two attached hydrogens (primary N) is 1. The summed E-state index contributed by atoms with van der Waals surface area (Å²) in [5, 5.41) is 0. The third kappa shape index (κ3) is 1.83. The van der Waals surface area contributed by atoms with Gasteiger partial charge in [-0.25, -0.2) is 13.8 Å². The average molecular weight is 259 g/mol. The number of rotatable bonds is 1. The number of halogens is 2. The zero-order valence-corrected chi connectivity index (χ0v) is 10.2. The number of hydrogen-bond acceptors (Lipinski definition) is 2. The monoisotopic (exact) mass is 259 g/mol. The number of nitrogen functional groups attached to an aromatic ring is 1. The van der Waals surface area contributed by atoms with Gasteiger partial charge in [0.1, 0.15) is 17.5 Å². The Morgan fingerprint density at radius 3 is 2.68 bits per heavy atom. The summed E-state index contributed by atoms with van der Waals surface area (Å²) in [5.41, 5.74) is 7.65. The van der Waals surface area contributed by atoms with Crippen LogP contribution in [0.25, 0.3) is 22.4 Å². The maximum absolute atomic E-state index is 13.9. The molecule has 3 aromatic rings. The van der Waals surface area contributed by atoms with Crippen molar-refractivity contribution < 1.29 is 8.78 Å². The first-order valence-electron chi connectivity index (χ1n) is 5.73. The number of fused-ring (bicyclic) bond motifs is 1. The lowest BCUT2D eigenvalue weighted by atomic mass is 10.2. The lowest BCUT2D eigenvalue weighted by Gasteiger charge is -2.05. The van der Waals surface area contributed by atoms with Crippen LogP contribution in [0.5, 0.6) is 0 Å². The van der Waals surface area contributed by atoms with E-state index in [9.17, 15) is 8.78 Å². The highest BCUT2D eigenvalue weighted by atomic mass is 19.1. The summed E-state index contributed by atoms with van der Waals surface area (Å²) in [6.07, 6.45) is 0. The van der Waals surface area contributed by atoms with Gasteiger partial charge in [0, 0.05) is 18.8 Å². The first-order chi connectivity index (χ1) is 9.06. The Kier molecular flexibility index (Phi) is 2.48. The first-order valence-corrected chi connectivity index (χ1v) is 5.73. The summed E-state index contributed by atoms with van der Waals surface area (Å²) in [4.78, 5) is 4.27. The van der Waals surface area contributed by atoms with Crippen LogP contribution in [-0.4, -0.2) is 9.55 Å². The van der Waals surface area contributed by atoms with Crippen molar-refractivity contribution in [3.63, 3.8) is 0 Å². The fourth-order valence-electron chi connectivity index (χ4n) is 2.13. The molecule has 2 aromatic carbocycles. The number of anilines is 1. The first kappa shape index (κ1) is 11.6. The molecule has 2 N–H and O–H groups in total. The standard InChI is InChI=1S/C14H11F2N3/c1-19-13-5-2-8(15)6-12(13)18-14(19)10-7-9(17)3-4-11(10)16/h2-7H,17H2,1H3. The molecule has 0 spiro atoms. The van der Waals surface area contributed by atoms with E-state index in [-0.39, 0.29) is 5.82 Å². The van der Waals surface area contributed by atoms with Crippen LogP contribution in [0.15, 0.2) is 36.4 Å². The predicted octanol–water partition coefficient (Wildman–Crippen LogP) is 3.10. The van der Waals surface area contributed by atoms with Gasteiger partial charge >= 0.3 is 0 Å². The molecule has 3 nitrogen and oxygen atoms in total. The Hall–Kier alpha value is -2.43. The zero-order chi connectivity index (χ0) is 13.6. The summed E-state index contributed by atoms with van der Waals surface area (Å²) in [6.45, 7) is 0. The average Bonchev–Trinajstić information content (AvgIpc) is 2.69. The van der Waals surface area contributed by atoms with Crippen molar-refractivity contribution in [3.05, 3.63) is 48.0 Å². The van der Waals surface area contributed by atoms with Crippen LogP contribution in [0.2, 0.25) is 0 Å². The van der Waals surface area contributed by atoms with Gasteiger partial charge in [0.15, 0.2) is 0 Å². The topological polar surface area (TPSA) is 43.8 Å². The molecule has 1 heterocycles. The normalized spacial score (nSPS) is 11.1. The lowest BCUT2D eigenvalue weighted by Crippen LogP contribution is -1.96. The van der Waals surface area contributed by atoms with Crippen molar-refractivity contribution in [2.45, 2.75) is 0 Å². The maximum Gasteiger partial charge on any atom is 0.143 e. The van der Waals surface area contributed by atoms with Crippen LogP contribution in [0.4, 0.5) is 14.5 Å². The quantitative estimate of drug-likeness (QED) is 0.682. The molecule has 0 atom stereocenters. The van der Waals surface area contributed by atoms with E-state index in [0.717, 1.165) is 5.52 Å². The second kappa shape index (κ2) is 4.05. The van der Waals surface area contributed by atoms with Crippen LogP contribution in [0.3, 0.4) is 0 Å². The summed E-state index contributed by atoms with van der Waals surface area (Å²) in [7, 11) is 1.76. The molecule has 1 aromatic heterocycles. The molecule has 0 aliphatic heterocycles. The van der Waals surface area contributed by atoms with Gasteiger partial charge in [-0.2, -0.15) is 0 Å². The van der Waals surface area contributed by atoms with Crippen molar-refractivity contribution in [1.29, 1.82) is 0 Å². The lowest BCUT2D eigenvalue weighted by molar-refractivity contribution is 0.629. The smallest absolute Gasteiger partial charge is 0.143 e. The molecule has 0 aliphatic rings. The van der Waals surface area contributed by atoms with Gasteiger partial charge in [-0.1, -0.05) is 0 Å². The molecule has 0 bridgehead atoms. The third-order valence-corrected chi connectivity index (χ3v) is 3.07. The minimum Gasteiger partial charge on any atom is -0.399 e. The minimum atomic E-state index is -0.409. The Labute approximate surface area is 108 Å².